The van der Waals surface area contributed by atoms with Crippen molar-refractivity contribution in [3.8, 4) is 34.3 Å². The molecule has 0 bridgehead atoms. The van der Waals surface area contributed by atoms with Crippen LogP contribution in [0.2, 0.25) is 0 Å². The molecule has 2 heterocycles. The van der Waals surface area contributed by atoms with Crippen LogP contribution in [-0.4, -0.2) is 33.1 Å². The molecule has 6 heteroatoms. The Labute approximate surface area is 424 Å². The Balaban J connectivity index is 0.000000365. The predicted octanol–water partition coefficient (Wildman–Crippen LogP) is 19.9. The fourth-order valence-electron chi connectivity index (χ4n) is 9.03. The number of hydrogen-bond acceptors (Lipinski definition) is 6. The number of aromatic nitrogens is 4. The highest BCUT2D eigenvalue weighted by atomic mass is 16.5. The highest BCUT2D eigenvalue weighted by molar-refractivity contribution is 5.56. The summed E-state index contributed by atoms with van der Waals surface area (Å²) < 4.78 is 11.7. The van der Waals surface area contributed by atoms with Gasteiger partial charge in [-0.2, -0.15) is 0 Å². The van der Waals surface area contributed by atoms with Crippen molar-refractivity contribution in [1.29, 1.82) is 0 Å². The summed E-state index contributed by atoms with van der Waals surface area (Å²) in [5.41, 5.74) is 4.98. The van der Waals surface area contributed by atoms with E-state index >= 15 is 0 Å². The lowest BCUT2D eigenvalue weighted by Crippen LogP contribution is -1.99. The van der Waals surface area contributed by atoms with E-state index in [1.807, 2.05) is 24.8 Å². The van der Waals surface area contributed by atoms with E-state index in [0.29, 0.717) is 0 Å². The molecule has 4 aromatic rings. The van der Waals surface area contributed by atoms with Gasteiger partial charge in [0.25, 0.3) is 0 Å². The summed E-state index contributed by atoms with van der Waals surface area (Å²) in [5, 5.41) is 0. The summed E-state index contributed by atoms with van der Waals surface area (Å²) >= 11 is 0. The van der Waals surface area contributed by atoms with Crippen LogP contribution in [0.5, 0.6) is 11.5 Å². The van der Waals surface area contributed by atoms with Crippen molar-refractivity contribution in [1.82, 2.24) is 19.9 Å². The lowest BCUT2D eigenvalue weighted by atomic mass is 10.0. The Morgan fingerprint density at radius 1 is 0.275 bits per heavy atom. The van der Waals surface area contributed by atoms with Crippen LogP contribution in [0.1, 0.15) is 264 Å². The number of nitrogens with zero attached hydrogens (tertiary/aromatic N) is 4. The van der Waals surface area contributed by atoms with Gasteiger partial charge >= 0.3 is 0 Å². The van der Waals surface area contributed by atoms with Gasteiger partial charge in [-0.15, -0.1) is 0 Å². The fourth-order valence-corrected chi connectivity index (χ4v) is 9.03. The first-order chi connectivity index (χ1) is 34.2. The van der Waals surface area contributed by atoms with E-state index in [0.717, 1.165) is 60.3 Å². The molecule has 0 unspecified atom stereocenters. The molecule has 0 radical (unpaired) electrons. The number of ether oxygens (including phenoxy) is 2. The molecule has 0 saturated heterocycles. The molecule has 0 amide bonds. The van der Waals surface area contributed by atoms with Crippen LogP contribution >= 0.6 is 0 Å². The van der Waals surface area contributed by atoms with Crippen LogP contribution in [0.3, 0.4) is 0 Å². The van der Waals surface area contributed by atoms with Gasteiger partial charge < -0.3 is 9.47 Å². The molecular weight excluding hydrogens is 845 g/mol. The molecule has 2 aromatic carbocycles. The SMILES string of the molecule is CCCCCCCCCCCCc1ccc(-c2ncc(OCCCCCCCCCC)cn2)cc1.CCCCCCCCCCCc1ccc(-c2ncc(OCCCCCCCCCC)cn2)cc1. The first-order valence-corrected chi connectivity index (χ1v) is 29.2. The zero-order chi connectivity index (χ0) is 48.9. The van der Waals surface area contributed by atoms with Crippen LogP contribution in [0.25, 0.3) is 22.8 Å². The van der Waals surface area contributed by atoms with E-state index in [-0.39, 0.29) is 0 Å². The van der Waals surface area contributed by atoms with Gasteiger partial charge in [0.1, 0.15) is 0 Å². The fraction of sp³-hybridized carbons (Fsp3) is 0.683. The van der Waals surface area contributed by atoms with Crippen LogP contribution in [0.4, 0.5) is 0 Å². The van der Waals surface area contributed by atoms with Crippen LogP contribution in [0.15, 0.2) is 73.3 Å². The lowest BCUT2D eigenvalue weighted by Gasteiger charge is -2.07. The molecule has 0 atom stereocenters. The normalized spacial score (nSPS) is 11.1. The number of hydrogen-bond donors (Lipinski definition) is 0. The van der Waals surface area contributed by atoms with Gasteiger partial charge in [0, 0.05) is 11.1 Å². The highest BCUT2D eigenvalue weighted by Crippen LogP contribution is 2.22. The monoisotopic (exact) mass is 947 g/mol. The molecule has 0 N–H and O–H groups in total. The van der Waals surface area contributed by atoms with Gasteiger partial charge in [0.05, 0.1) is 38.0 Å². The first kappa shape index (κ1) is 59.5. The summed E-state index contributed by atoms with van der Waals surface area (Å²) in [4.78, 5) is 18.1. The van der Waals surface area contributed by atoms with E-state index in [1.54, 1.807) is 0 Å². The van der Waals surface area contributed by atoms with Gasteiger partial charge in [0.2, 0.25) is 0 Å². The highest BCUT2D eigenvalue weighted by Gasteiger charge is 2.06. The topological polar surface area (TPSA) is 70.0 Å². The molecule has 0 aliphatic rings. The minimum atomic E-state index is 0.755. The summed E-state index contributed by atoms with van der Waals surface area (Å²) in [6.45, 7) is 10.6. The summed E-state index contributed by atoms with van der Waals surface area (Å²) in [7, 11) is 0. The second-order valence-electron chi connectivity index (χ2n) is 20.0. The largest absolute Gasteiger partial charge is 0.490 e. The third kappa shape index (κ3) is 31.2. The van der Waals surface area contributed by atoms with Gasteiger partial charge in [0.15, 0.2) is 23.1 Å². The maximum atomic E-state index is 5.84. The Kier molecular flexibility index (Phi) is 37.1. The molecule has 0 spiro atoms. The van der Waals surface area contributed by atoms with Crippen molar-refractivity contribution in [2.75, 3.05) is 13.2 Å². The average molecular weight is 948 g/mol. The van der Waals surface area contributed by atoms with Crippen molar-refractivity contribution in [3.05, 3.63) is 84.4 Å². The Morgan fingerprint density at radius 2 is 0.507 bits per heavy atom. The third-order valence-electron chi connectivity index (χ3n) is 13.6. The van der Waals surface area contributed by atoms with Crippen molar-refractivity contribution in [2.45, 2.75) is 265 Å². The molecule has 4 rings (SSSR count). The van der Waals surface area contributed by atoms with Crippen molar-refractivity contribution in [2.24, 2.45) is 0 Å². The second-order valence-corrected chi connectivity index (χ2v) is 20.0. The van der Waals surface area contributed by atoms with Crippen LogP contribution in [0, 0.1) is 0 Å². The van der Waals surface area contributed by atoms with Crippen LogP contribution in [-0.2, 0) is 12.8 Å². The molecule has 6 nitrogen and oxygen atoms in total. The summed E-state index contributed by atoms with van der Waals surface area (Å²) in [5.74, 6) is 3.09. The zero-order valence-corrected chi connectivity index (χ0v) is 45.1. The molecule has 0 saturated carbocycles. The lowest BCUT2D eigenvalue weighted by molar-refractivity contribution is 0.302. The van der Waals surface area contributed by atoms with Gasteiger partial charge in [-0.3, -0.25) is 0 Å². The van der Waals surface area contributed by atoms with Crippen molar-refractivity contribution in [3.63, 3.8) is 0 Å². The van der Waals surface area contributed by atoms with Gasteiger partial charge in [-0.1, -0.05) is 275 Å². The molecule has 0 aliphatic heterocycles. The average Bonchev–Trinajstić information content (AvgIpc) is 3.39. The van der Waals surface area contributed by atoms with E-state index in [1.165, 1.54) is 236 Å². The van der Waals surface area contributed by atoms with E-state index in [9.17, 15) is 0 Å². The second kappa shape index (κ2) is 43.0. The molecule has 0 fully saturated rings. The molecule has 386 valence electrons. The Morgan fingerprint density at radius 3 is 0.768 bits per heavy atom. The Hall–Kier alpha value is -3.80. The Bertz CT molecular complexity index is 1630. The smallest absolute Gasteiger partial charge is 0.159 e. The zero-order valence-electron chi connectivity index (χ0n) is 45.1. The molecule has 0 aliphatic carbocycles. The van der Waals surface area contributed by atoms with E-state index < -0.39 is 0 Å². The van der Waals surface area contributed by atoms with Crippen LogP contribution < -0.4 is 9.47 Å². The third-order valence-corrected chi connectivity index (χ3v) is 13.6. The van der Waals surface area contributed by atoms with Crippen molar-refractivity contribution >= 4 is 0 Å². The molecule has 2 aromatic heterocycles. The number of unbranched alkanes of at least 4 members (excludes halogenated alkanes) is 31. The number of benzene rings is 2. The molecular formula is C63H102N4O2. The number of rotatable bonds is 43. The predicted molar refractivity (Wildman–Crippen MR) is 298 cm³/mol. The molecule has 69 heavy (non-hydrogen) atoms. The number of aryl methyl sites for hydroxylation is 2. The minimum absolute atomic E-state index is 0.755. The van der Waals surface area contributed by atoms with E-state index in [4.69, 9.17) is 9.47 Å². The van der Waals surface area contributed by atoms with Gasteiger partial charge in [-0.05, 0) is 49.7 Å². The first-order valence-electron chi connectivity index (χ1n) is 29.2. The maximum absolute atomic E-state index is 5.84. The van der Waals surface area contributed by atoms with Gasteiger partial charge in [-0.25, -0.2) is 19.9 Å². The van der Waals surface area contributed by atoms with E-state index in [2.05, 4.69) is 96.2 Å². The maximum Gasteiger partial charge on any atom is 0.159 e. The summed E-state index contributed by atoms with van der Waals surface area (Å²) in [6, 6.07) is 17.5. The quantitative estimate of drug-likeness (QED) is 0.0412. The van der Waals surface area contributed by atoms with Crippen molar-refractivity contribution < 1.29 is 9.47 Å². The standard InChI is InChI=1S/C32H52N2O.C31H50N2O/c1-3-5-7-9-11-13-14-15-17-19-21-29-22-24-30(25-23-29)32-33-27-31(28-34-32)35-26-20-18-16-12-10-8-6-4-2;1-3-5-7-9-11-13-14-16-18-20-28-21-23-29(24-22-28)31-32-26-30(27-33-31)34-25-19-17-15-12-10-8-6-4-2/h22-25,27-28H,3-21,26H2,1-2H3;21-24,26-27H,3-20,25H2,1-2H3. The minimum Gasteiger partial charge on any atom is -0.490 e. The summed E-state index contributed by atoms with van der Waals surface area (Å²) in [6.07, 6.45) is 56.8.